The molecule has 0 radical (unpaired) electrons. The van der Waals surface area contributed by atoms with Gasteiger partial charge in [-0.3, -0.25) is 14.5 Å². The number of nitrogens with one attached hydrogen (secondary N) is 1. The fourth-order valence-electron chi connectivity index (χ4n) is 2.88. The number of phenols is 2. The molecule has 1 aliphatic heterocycles. The molecule has 2 aromatic carbocycles. The monoisotopic (exact) mass is 446 g/mol. The number of phenolic OH excluding ortho intramolecular Hbond substituents is 2. The van der Waals surface area contributed by atoms with E-state index in [0.717, 1.165) is 17.3 Å². The van der Waals surface area contributed by atoms with Crippen molar-refractivity contribution in [2.45, 2.75) is 19.4 Å². The van der Waals surface area contributed by atoms with E-state index in [9.17, 15) is 24.2 Å². The van der Waals surface area contributed by atoms with Crippen LogP contribution in [0.4, 0.5) is 4.39 Å². The van der Waals surface area contributed by atoms with E-state index in [1.54, 1.807) is 31.2 Å². The van der Waals surface area contributed by atoms with Crippen LogP contribution >= 0.6 is 24.0 Å². The number of carbonyl (C=O) groups excluding carboxylic acids is 2. The predicted octanol–water partition coefficient (Wildman–Crippen LogP) is 3.19. The van der Waals surface area contributed by atoms with Gasteiger partial charge in [-0.15, -0.1) is 0 Å². The van der Waals surface area contributed by atoms with E-state index < -0.39 is 17.8 Å². The Balaban J connectivity index is 1.61. The summed E-state index contributed by atoms with van der Waals surface area (Å²) in [5.41, 5.74) is 1.27. The minimum absolute atomic E-state index is 0.211. The molecule has 1 heterocycles. The number of thioether (sulfide) groups is 1. The molecular weight excluding hydrogens is 427 g/mol. The number of rotatable bonds is 6. The summed E-state index contributed by atoms with van der Waals surface area (Å²) in [5.74, 6) is -1.62. The summed E-state index contributed by atoms with van der Waals surface area (Å²) >= 11 is 6.34. The Bertz CT molecular complexity index is 1040. The maximum Gasteiger partial charge on any atom is 0.266 e. The molecule has 0 unspecified atom stereocenters. The molecule has 156 valence electrons. The van der Waals surface area contributed by atoms with Crippen LogP contribution in [0.1, 0.15) is 18.1 Å². The highest BCUT2D eigenvalue weighted by Gasteiger charge is 2.38. The molecule has 2 aromatic rings. The number of hydrogen-bond acceptors (Lipinski definition) is 6. The van der Waals surface area contributed by atoms with Gasteiger partial charge in [-0.2, -0.15) is 0 Å². The highest BCUT2D eigenvalue weighted by Crippen LogP contribution is 2.34. The first-order valence-electron chi connectivity index (χ1n) is 9.07. The summed E-state index contributed by atoms with van der Waals surface area (Å²) in [4.78, 5) is 26.8. The molecule has 3 rings (SSSR count). The minimum atomic E-state index is -0.816. The summed E-state index contributed by atoms with van der Waals surface area (Å²) in [5, 5.41) is 21.6. The lowest BCUT2D eigenvalue weighted by molar-refractivity contribution is -0.132. The average Bonchev–Trinajstić information content (AvgIpc) is 2.97. The normalized spacial score (nSPS) is 16.2. The fourth-order valence-corrected chi connectivity index (χ4v) is 4.30. The Morgan fingerprint density at radius 2 is 2.03 bits per heavy atom. The third kappa shape index (κ3) is 4.98. The number of amides is 2. The third-order valence-electron chi connectivity index (χ3n) is 4.49. The summed E-state index contributed by atoms with van der Waals surface area (Å²) < 4.78 is 13.6. The lowest BCUT2D eigenvalue weighted by Gasteiger charge is -2.22. The molecule has 6 nitrogen and oxygen atoms in total. The molecule has 0 spiro atoms. The van der Waals surface area contributed by atoms with E-state index >= 15 is 0 Å². The van der Waals surface area contributed by atoms with Crippen molar-refractivity contribution in [3.63, 3.8) is 0 Å². The molecule has 1 saturated heterocycles. The Hall–Kier alpha value is -2.91. The van der Waals surface area contributed by atoms with Crippen molar-refractivity contribution in [1.29, 1.82) is 0 Å². The second-order valence-corrected chi connectivity index (χ2v) is 8.32. The zero-order valence-electron chi connectivity index (χ0n) is 16.0. The highest BCUT2D eigenvalue weighted by atomic mass is 32.2. The molecule has 0 saturated carbocycles. The van der Waals surface area contributed by atoms with Crippen molar-refractivity contribution in [2.24, 2.45) is 0 Å². The van der Waals surface area contributed by atoms with Gasteiger partial charge in [0.05, 0.1) is 4.91 Å². The molecule has 1 aliphatic rings. The SMILES string of the molecule is C[C@@H](C(=O)NCCc1ccc(O)c(O)c1)N1C(=O)/C(=C/c2cccc(F)c2)SC1=S. The molecule has 1 atom stereocenters. The number of nitrogens with zero attached hydrogens (tertiary/aromatic N) is 1. The maximum atomic E-state index is 13.4. The lowest BCUT2D eigenvalue weighted by atomic mass is 10.1. The quantitative estimate of drug-likeness (QED) is 0.359. The topological polar surface area (TPSA) is 89.9 Å². The van der Waals surface area contributed by atoms with Crippen molar-refractivity contribution >= 4 is 46.2 Å². The van der Waals surface area contributed by atoms with Gasteiger partial charge < -0.3 is 15.5 Å². The molecular formula is C21H19FN2O4S2. The largest absolute Gasteiger partial charge is 0.504 e. The third-order valence-corrected chi connectivity index (χ3v) is 5.82. The van der Waals surface area contributed by atoms with Gasteiger partial charge >= 0.3 is 0 Å². The Morgan fingerprint density at radius 1 is 1.27 bits per heavy atom. The second-order valence-electron chi connectivity index (χ2n) is 6.65. The zero-order chi connectivity index (χ0) is 21.8. The zero-order valence-corrected chi connectivity index (χ0v) is 17.6. The number of carbonyl (C=O) groups is 2. The van der Waals surface area contributed by atoms with Crippen LogP contribution in [-0.2, 0) is 16.0 Å². The van der Waals surface area contributed by atoms with Gasteiger partial charge in [-0.1, -0.05) is 42.2 Å². The molecule has 30 heavy (non-hydrogen) atoms. The van der Waals surface area contributed by atoms with Gasteiger partial charge in [0.15, 0.2) is 11.5 Å². The first kappa shape index (κ1) is 21.8. The van der Waals surface area contributed by atoms with Crippen LogP contribution < -0.4 is 5.32 Å². The smallest absolute Gasteiger partial charge is 0.266 e. The van der Waals surface area contributed by atoms with Crippen LogP contribution in [0.15, 0.2) is 47.4 Å². The number of thiocarbonyl (C=S) groups is 1. The number of hydrogen-bond donors (Lipinski definition) is 3. The van der Waals surface area contributed by atoms with Crippen LogP contribution in [-0.4, -0.2) is 43.8 Å². The Labute approximate surface area is 182 Å². The molecule has 3 N–H and O–H groups in total. The van der Waals surface area contributed by atoms with E-state index in [1.807, 2.05) is 0 Å². The highest BCUT2D eigenvalue weighted by molar-refractivity contribution is 8.26. The van der Waals surface area contributed by atoms with E-state index in [0.29, 0.717) is 16.9 Å². The number of aromatic hydroxyl groups is 2. The van der Waals surface area contributed by atoms with Crippen LogP contribution in [0.25, 0.3) is 6.08 Å². The summed E-state index contributed by atoms with van der Waals surface area (Å²) in [7, 11) is 0. The molecule has 1 fully saturated rings. The van der Waals surface area contributed by atoms with Crippen molar-refractivity contribution < 1.29 is 24.2 Å². The predicted molar refractivity (Wildman–Crippen MR) is 117 cm³/mol. The average molecular weight is 447 g/mol. The van der Waals surface area contributed by atoms with Gasteiger partial charge in [0.2, 0.25) is 5.91 Å². The molecule has 0 bridgehead atoms. The van der Waals surface area contributed by atoms with E-state index in [2.05, 4.69) is 5.32 Å². The van der Waals surface area contributed by atoms with Crippen LogP contribution in [0.5, 0.6) is 11.5 Å². The van der Waals surface area contributed by atoms with E-state index in [4.69, 9.17) is 12.2 Å². The van der Waals surface area contributed by atoms with Gasteiger partial charge in [0.1, 0.15) is 16.2 Å². The number of benzene rings is 2. The molecule has 2 amide bonds. The van der Waals surface area contributed by atoms with Crippen LogP contribution in [0.3, 0.4) is 0 Å². The number of halogens is 1. The summed E-state index contributed by atoms with van der Waals surface area (Å²) in [6.07, 6.45) is 1.98. The van der Waals surface area contributed by atoms with E-state index in [1.165, 1.54) is 29.2 Å². The molecule has 9 heteroatoms. The Morgan fingerprint density at radius 3 is 2.73 bits per heavy atom. The summed E-state index contributed by atoms with van der Waals surface area (Å²) in [6, 6.07) is 9.47. The first-order valence-corrected chi connectivity index (χ1v) is 10.3. The Kier molecular flexibility index (Phi) is 6.73. The summed E-state index contributed by atoms with van der Waals surface area (Å²) in [6.45, 7) is 1.86. The standard InChI is InChI=1S/C21H19FN2O4S2/c1-12(19(27)23-8-7-13-5-6-16(25)17(26)10-13)24-20(28)18(30-21(24)29)11-14-3-2-4-15(22)9-14/h2-6,9-12,25-26H,7-8H2,1H3,(H,23,27)/b18-11-/t12-/m0/s1. The first-order chi connectivity index (χ1) is 14.3. The fraction of sp³-hybridized carbons (Fsp3) is 0.190. The van der Waals surface area contributed by atoms with Crippen molar-refractivity contribution in [2.75, 3.05) is 6.54 Å². The lowest BCUT2D eigenvalue weighted by Crippen LogP contribution is -2.47. The van der Waals surface area contributed by atoms with Crippen molar-refractivity contribution in [3.8, 4) is 11.5 Å². The van der Waals surface area contributed by atoms with Crippen molar-refractivity contribution in [1.82, 2.24) is 10.2 Å². The van der Waals surface area contributed by atoms with Crippen LogP contribution in [0, 0.1) is 5.82 Å². The molecule has 0 aromatic heterocycles. The minimum Gasteiger partial charge on any atom is -0.504 e. The van der Waals surface area contributed by atoms with Gasteiger partial charge in [0, 0.05) is 6.54 Å². The van der Waals surface area contributed by atoms with E-state index in [-0.39, 0.29) is 28.3 Å². The molecule has 0 aliphatic carbocycles. The van der Waals surface area contributed by atoms with Gasteiger partial charge in [0.25, 0.3) is 5.91 Å². The van der Waals surface area contributed by atoms with Crippen molar-refractivity contribution in [3.05, 3.63) is 64.3 Å². The van der Waals surface area contributed by atoms with Gasteiger partial charge in [-0.05, 0) is 54.8 Å². The maximum absolute atomic E-state index is 13.4. The second kappa shape index (κ2) is 9.27. The van der Waals surface area contributed by atoms with Crippen LogP contribution in [0.2, 0.25) is 0 Å². The van der Waals surface area contributed by atoms with Gasteiger partial charge in [-0.25, -0.2) is 4.39 Å².